The lowest BCUT2D eigenvalue weighted by atomic mass is 9.87. The second-order valence-corrected chi connectivity index (χ2v) is 11.5. The molecule has 194 valence electrons. The molecule has 1 aliphatic rings. The molecular weight excluding hydrogens is 496 g/mol. The molecule has 4 aromatic rings. The highest BCUT2D eigenvalue weighted by molar-refractivity contribution is 6.31. The van der Waals surface area contributed by atoms with Crippen molar-refractivity contribution in [3.8, 4) is 6.07 Å². The standard InChI is InChI=1S/C30H31ClN6O/c1-18(38)23-11-19(13-25-28(34-17-30(2,3)4)20(14-32)15-33-29(23)25)12-24(22-7-5-6-8-26(22)31)27-16-37(36-35-27)21-9-10-21/h5-8,11,13,15-16,21,24H,9-10,12,17H2,1-4H3,(H,33,34)/t24-/m1/s1/i24D. The van der Waals surface area contributed by atoms with Gasteiger partial charge in [-0.25, -0.2) is 4.68 Å². The van der Waals surface area contributed by atoms with Crippen molar-refractivity contribution in [3.63, 3.8) is 0 Å². The van der Waals surface area contributed by atoms with E-state index in [2.05, 4.69) is 47.5 Å². The van der Waals surface area contributed by atoms with Gasteiger partial charge >= 0.3 is 0 Å². The second kappa shape index (κ2) is 10.2. The van der Waals surface area contributed by atoms with Gasteiger partial charge in [0.2, 0.25) is 0 Å². The Bertz CT molecular complexity index is 1610. The van der Waals surface area contributed by atoms with Crippen LogP contribution >= 0.6 is 11.6 Å². The first-order chi connectivity index (χ1) is 18.5. The Morgan fingerprint density at radius 2 is 2.08 bits per heavy atom. The summed E-state index contributed by atoms with van der Waals surface area (Å²) in [5.41, 5.74) is 3.78. The van der Waals surface area contributed by atoms with Crippen LogP contribution in [-0.2, 0) is 6.42 Å². The molecule has 2 aromatic heterocycles. The smallest absolute Gasteiger partial charge is 0.162 e. The van der Waals surface area contributed by atoms with E-state index >= 15 is 0 Å². The quantitative estimate of drug-likeness (QED) is 0.255. The third-order valence-corrected chi connectivity index (χ3v) is 6.98. The van der Waals surface area contributed by atoms with Gasteiger partial charge in [0.1, 0.15) is 6.07 Å². The number of nitrogens with zero attached hydrogens (tertiary/aromatic N) is 5. The normalized spacial score (nSPS) is 15.5. The Morgan fingerprint density at radius 3 is 2.74 bits per heavy atom. The first kappa shape index (κ1) is 24.6. The van der Waals surface area contributed by atoms with Crippen molar-refractivity contribution in [3.05, 3.63) is 81.8 Å². The van der Waals surface area contributed by atoms with Crippen molar-refractivity contribution in [1.29, 1.82) is 5.26 Å². The minimum absolute atomic E-state index is 0.0445. The summed E-state index contributed by atoms with van der Waals surface area (Å²) in [6, 6.07) is 13.6. The van der Waals surface area contributed by atoms with E-state index < -0.39 is 5.89 Å². The van der Waals surface area contributed by atoms with E-state index in [0.717, 1.165) is 18.4 Å². The predicted octanol–water partition coefficient (Wildman–Crippen LogP) is 6.72. The molecule has 8 heteroatoms. The van der Waals surface area contributed by atoms with E-state index in [1.165, 1.54) is 13.1 Å². The van der Waals surface area contributed by atoms with Gasteiger partial charge in [0.15, 0.2) is 5.78 Å². The summed E-state index contributed by atoms with van der Waals surface area (Å²) in [6.45, 7) is 8.44. The number of anilines is 1. The van der Waals surface area contributed by atoms with Gasteiger partial charge in [-0.15, -0.1) is 5.10 Å². The number of ketones is 1. The molecule has 0 bridgehead atoms. The predicted molar refractivity (Wildman–Crippen MR) is 150 cm³/mol. The van der Waals surface area contributed by atoms with Crippen LogP contribution in [0, 0.1) is 16.7 Å². The average Bonchev–Trinajstić information content (AvgIpc) is 3.61. The maximum absolute atomic E-state index is 12.8. The van der Waals surface area contributed by atoms with E-state index in [-0.39, 0.29) is 17.6 Å². The first-order valence-corrected chi connectivity index (χ1v) is 13.2. The molecule has 1 saturated carbocycles. The number of pyridine rings is 1. The average molecular weight is 528 g/mol. The number of fused-ring (bicyclic) bond motifs is 1. The number of Topliss-reactive ketones (excluding diaryl/α,β-unsaturated/α-hetero) is 1. The Labute approximate surface area is 229 Å². The molecule has 0 radical (unpaired) electrons. The number of rotatable bonds is 8. The summed E-state index contributed by atoms with van der Waals surface area (Å²) < 4.78 is 11.6. The Kier molecular flexibility index (Phi) is 6.59. The SMILES string of the molecule is [2H][C@](Cc1cc(C(C)=O)c2ncc(C#N)c(NCC(C)(C)C)c2c1)(c1cn(C2CC2)nn1)c1ccccc1Cl. The molecule has 0 spiro atoms. The van der Waals surface area contributed by atoms with Crippen molar-refractivity contribution in [2.45, 2.75) is 58.9 Å². The molecule has 38 heavy (non-hydrogen) atoms. The third kappa shape index (κ3) is 5.41. The van der Waals surface area contributed by atoms with E-state index in [9.17, 15) is 11.4 Å². The summed E-state index contributed by atoms with van der Waals surface area (Å²) in [6.07, 6.45) is 5.63. The summed E-state index contributed by atoms with van der Waals surface area (Å²) in [5, 5.41) is 23.2. The van der Waals surface area contributed by atoms with Crippen LogP contribution in [0.25, 0.3) is 10.9 Å². The Hall–Kier alpha value is -3.76. The van der Waals surface area contributed by atoms with E-state index in [1.54, 1.807) is 12.1 Å². The Morgan fingerprint density at radius 1 is 1.32 bits per heavy atom. The largest absolute Gasteiger partial charge is 0.383 e. The number of carbonyl (C=O) groups is 1. The molecule has 0 unspecified atom stereocenters. The minimum atomic E-state index is -1.37. The monoisotopic (exact) mass is 527 g/mol. The van der Waals surface area contributed by atoms with Gasteiger partial charge in [-0.1, -0.05) is 55.8 Å². The third-order valence-electron chi connectivity index (χ3n) is 6.65. The molecular formula is C30H31ClN6O. The lowest BCUT2D eigenvalue weighted by Crippen LogP contribution is -2.20. The summed E-state index contributed by atoms with van der Waals surface area (Å²) >= 11 is 6.65. The van der Waals surface area contributed by atoms with Crippen LogP contribution in [0.15, 0.2) is 48.8 Å². The number of aromatic nitrogens is 4. The van der Waals surface area contributed by atoms with Crippen LogP contribution in [0.3, 0.4) is 0 Å². The number of hydrogen-bond donors (Lipinski definition) is 1. The van der Waals surface area contributed by atoms with E-state index in [1.807, 2.05) is 35.1 Å². The summed E-state index contributed by atoms with van der Waals surface area (Å²) in [4.78, 5) is 17.3. The zero-order valence-electron chi connectivity index (χ0n) is 23.0. The lowest BCUT2D eigenvalue weighted by molar-refractivity contribution is 0.101. The molecule has 0 saturated heterocycles. The fourth-order valence-corrected chi connectivity index (χ4v) is 4.78. The zero-order valence-corrected chi connectivity index (χ0v) is 22.8. The topological polar surface area (TPSA) is 96.5 Å². The second-order valence-electron chi connectivity index (χ2n) is 11.1. The number of carbonyl (C=O) groups excluding carboxylic acids is 1. The maximum atomic E-state index is 12.8. The van der Waals surface area contributed by atoms with Crippen LogP contribution in [0.4, 0.5) is 5.69 Å². The van der Waals surface area contributed by atoms with Crippen molar-refractivity contribution in [1.82, 2.24) is 20.0 Å². The van der Waals surface area contributed by atoms with Gasteiger partial charge in [0.25, 0.3) is 0 Å². The summed E-state index contributed by atoms with van der Waals surface area (Å²) in [7, 11) is 0. The molecule has 1 N–H and O–H groups in total. The van der Waals surface area contributed by atoms with Crippen LogP contribution in [-0.4, -0.2) is 32.3 Å². The molecule has 7 nitrogen and oxygen atoms in total. The van der Waals surface area contributed by atoms with Crippen LogP contribution in [0.5, 0.6) is 0 Å². The van der Waals surface area contributed by atoms with Crippen LogP contribution < -0.4 is 5.32 Å². The highest BCUT2D eigenvalue weighted by Gasteiger charge is 2.28. The molecule has 2 aromatic carbocycles. The van der Waals surface area contributed by atoms with Crippen molar-refractivity contribution >= 4 is 34.0 Å². The van der Waals surface area contributed by atoms with Crippen molar-refractivity contribution in [2.75, 3.05) is 11.9 Å². The van der Waals surface area contributed by atoms with Gasteiger partial charge in [0, 0.05) is 42.2 Å². The van der Waals surface area contributed by atoms with Gasteiger partial charge in [-0.05, 0) is 60.9 Å². The number of nitriles is 1. The highest BCUT2D eigenvalue weighted by Crippen LogP contribution is 2.38. The lowest BCUT2D eigenvalue weighted by Gasteiger charge is -2.22. The molecule has 0 aliphatic heterocycles. The van der Waals surface area contributed by atoms with Crippen LogP contribution in [0.1, 0.15) is 86.6 Å². The van der Waals surface area contributed by atoms with Crippen molar-refractivity contribution < 1.29 is 6.17 Å². The van der Waals surface area contributed by atoms with Crippen molar-refractivity contribution in [2.24, 2.45) is 5.41 Å². The van der Waals surface area contributed by atoms with Gasteiger partial charge < -0.3 is 5.32 Å². The minimum Gasteiger partial charge on any atom is -0.383 e. The molecule has 5 rings (SSSR count). The number of halogens is 1. The first-order valence-electron chi connectivity index (χ1n) is 13.3. The zero-order chi connectivity index (χ0) is 27.9. The molecule has 0 amide bonds. The number of hydrogen-bond acceptors (Lipinski definition) is 6. The summed E-state index contributed by atoms with van der Waals surface area (Å²) in [5.74, 6) is -1.51. The van der Waals surface area contributed by atoms with E-state index in [4.69, 9.17) is 11.6 Å². The fourth-order valence-electron chi connectivity index (χ4n) is 4.53. The fraction of sp³-hybridized carbons (Fsp3) is 0.367. The van der Waals surface area contributed by atoms with Gasteiger partial charge in [-0.2, -0.15) is 5.26 Å². The van der Waals surface area contributed by atoms with Gasteiger partial charge in [0.05, 0.1) is 28.5 Å². The van der Waals surface area contributed by atoms with Crippen LogP contribution in [0.2, 0.25) is 5.02 Å². The molecule has 1 aliphatic carbocycles. The molecule has 1 atom stereocenters. The molecule has 1 fully saturated rings. The number of benzene rings is 2. The Balaban J connectivity index is 1.69. The van der Waals surface area contributed by atoms with E-state index in [0.29, 0.717) is 56.6 Å². The number of nitrogens with one attached hydrogen (secondary N) is 1. The molecule has 2 heterocycles. The van der Waals surface area contributed by atoms with Gasteiger partial charge in [-0.3, -0.25) is 9.78 Å². The highest BCUT2D eigenvalue weighted by atomic mass is 35.5. The maximum Gasteiger partial charge on any atom is 0.162 e.